The number of likely N-dealkylation sites (tertiary alicyclic amines) is 1. The van der Waals surface area contributed by atoms with Gasteiger partial charge in [0.05, 0.1) is 0 Å². The molecule has 3 heterocycles. The highest BCUT2D eigenvalue weighted by molar-refractivity contribution is 7.10. The summed E-state index contributed by atoms with van der Waals surface area (Å²) >= 11 is 1.65. The molecule has 0 bridgehead atoms. The number of hydrogen-bond donors (Lipinski definition) is 0. The Labute approximate surface area is 135 Å². The third-order valence-electron chi connectivity index (χ3n) is 4.24. The molecule has 4 nitrogen and oxygen atoms in total. The van der Waals surface area contributed by atoms with Crippen LogP contribution in [0.15, 0.2) is 36.0 Å². The molecule has 0 radical (unpaired) electrons. The molecular weight excluding hydrogens is 294 g/mol. The van der Waals surface area contributed by atoms with E-state index in [2.05, 4.69) is 9.55 Å². The highest BCUT2D eigenvalue weighted by Gasteiger charge is 2.22. The highest BCUT2D eigenvalue weighted by Crippen LogP contribution is 2.20. The first-order valence-corrected chi connectivity index (χ1v) is 8.58. The average molecular weight is 315 g/mol. The number of rotatable bonds is 4. The summed E-state index contributed by atoms with van der Waals surface area (Å²) in [4.78, 5) is 19.5. The van der Waals surface area contributed by atoms with Crippen LogP contribution in [0.2, 0.25) is 0 Å². The zero-order valence-electron chi connectivity index (χ0n) is 12.8. The molecular formula is C17H21N3OS. The Morgan fingerprint density at radius 2 is 2.27 bits per heavy atom. The van der Waals surface area contributed by atoms with Gasteiger partial charge in [0.2, 0.25) is 5.91 Å². The van der Waals surface area contributed by atoms with Crippen molar-refractivity contribution in [2.45, 2.75) is 26.3 Å². The number of hydrogen-bond acceptors (Lipinski definition) is 3. The van der Waals surface area contributed by atoms with E-state index in [-0.39, 0.29) is 5.91 Å². The smallest absolute Gasteiger partial charge is 0.246 e. The average Bonchev–Trinajstić information content (AvgIpc) is 3.18. The van der Waals surface area contributed by atoms with Gasteiger partial charge in [-0.1, -0.05) is 6.07 Å². The molecule has 0 aliphatic carbocycles. The Morgan fingerprint density at radius 3 is 2.91 bits per heavy atom. The van der Waals surface area contributed by atoms with E-state index >= 15 is 0 Å². The fraction of sp³-hybridized carbons (Fsp3) is 0.412. The van der Waals surface area contributed by atoms with Crippen molar-refractivity contribution in [3.8, 4) is 0 Å². The lowest BCUT2D eigenvalue weighted by Crippen LogP contribution is -2.38. The molecule has 1 fully saturated rings. The van der Waals surface area contributed by atoms with E-state index in [9.17, 15) is 4.79 Å². The van der Waals surface area contributed by atoms with E-state index in [0.29, 0.717) is 5.92 Å². The molecule has 1 amide bonds. The number of carbonyl (C=O) groups is 1. The van der Waals surface area contributed by atoms with Crippen molar-refractivity contribution in [2.24, 2.45) is 5.92 Å². The minimum Gasteiger partial charge on any atom is -0.339 e. The first-order chi connectivity index (χ1) is 10.7. The predicted molar refractivity (Wildman–Crippen MR) is 89.6 cm³/mol. The van der Waals surface area contributed by atoms with Gasteiger partial charge in [-0.05, 0) is 43.2 Å². The zero-order valence-corrected chi connectivity index (χ0v) is 13.6. The van der Waals surface area contributed by atoms with E-state index in [0.717, 1.165) is 43.2 Å². The van der Waals surface area contributed by atoms with Crippen LogP contribution in [0.3, 0.4) is 0 Å². The molecule has 116 valence electrons. The second-order valence-electron chi connectivity index (χ2n) is 5.74. The lowest BCUT2D eigenvalue weighted by Gasteiger charge is -2.31. The van der Waals surface area contributed by atoms with Gasteiger partial charge < -0.3 is 9.47 Å². The van der Waals surface area contributed by atoms with Gasteiger partial charge in [-0.25, -0.2) is 4.98 Å². The Bertz CT molecular complexity index is 637. The van der Waals surface area contributed by atoms with Crippen molar-refractivity contribution in [1.82, 2.24) is 14.5 Å². The fourth-order valence-electron chi connectivity index (χ4n) is 2.86. The Kier molecular flexibility index (Phi) is 4.73. The zero-order chi connectivity index (χ0) is 15.4. The standard InChI is InChI=1S/C17H21N3OS/c1-14-18-8-11-20(14)13-15-6-9-19(10-7-15)17(21)5-4-16-3-2-12-22-16/h2-5,8,11-12,15H,6-7,9-10,13H2,1H3/b5-4+. The number of nitrogens with zero attached hydrogens (tertiary/aromatic N) is 3. The van der Waals surface area contributed by atoms with Gasteiger partial charge in [0, 0.05) is 43.0 Å². The van der Waals surface area contributed by atoms with Crippen molar-refractivity contribution in [1.29, 1.82) is 0 Å². The number of amides is 1. The molecule has 0 atom stereocenters. The van der Waals surface area contributed by atoms with Crippen molar-refractivity contribution in [2.75, 3.05) is 13.1 Å². The molecule has 5 heteroatoms. The lowest BCUT2D eigenvalue weighted by molar-refractivity contribution is -0.127. The lowest BCUT2D eigenvalue weighted by atomic mass is 9.96. The quantitative estimate of drug-likeness (QED) is 0.813. The first-order valence-electron chi connectivity index (χ1n) is 7.70. The largest absolute Gasteiger partial charge is 0.339 e. The van der Waals surface area contributed by atoms with Gasteiger partial charge >= 0.3 is 0 Å². The minimum absolute atomic E-state index is 0.130. The predicted octanol–water partition coefficient (Wildman–Crippen LogP) is 3.21. The van der Waals surface area contributed by atoms with Crippen molar-refractivity contribution >= 4 is 23.3 Å². The summed E-state index contributed by atoms with van der Waals surface area (Å²) in [5, 5.41) is 2.02. The molecule has 2 aromatic heterocycles. The van der Waals surface area contributed by atoms with E-state index in [1.807, 2.05) is 47.8 Å². The Morgan fingerprint density at radius 1 is 1.45 bits per heavy atom. The van der Waals surface area contributed by atoms with Crippen LogP contribution in [0.4, 0.5) is 0 Å². The van der Waals surface area contributed by atoms with Crippen LogP contribution < -0.4 is 0 Å². The Balaban J connectivity index is 1.49. The number of piperidine rings is 1. The van der Waals surface area contributed by atoms with Crippen LogP contribution in [-0.4, -0.2) is 33.4 Å². The van der Waals surface area contributed by atoms with Gasteiger partial charge in [-0.15, -0.1) is 11.3 Å². The number of thiophene rings is 1. The third-order valence-corrected chi connectivity index (χ3v) is 5.08. The van der Waals surface area contributed by atoms with Gasteiger partial charge in [0.25, 0.3) is 0 Å². The van der Waals surface area contributed by atoms with Crippen molar-refractivity contribution in [3.63, 3.8) is 0 Å². The van der Waals surface area contributed by atoms with E-state index in [1.54, 1.807) is 17.4 Å². The maximum atomic E-state index is 12.2. The summed E-state index contributed by atoms with van der Waals surface area (Å²) in [6, 6.07) is 4.02. The monoisotopic (exact) mass is 315 g/mol. The topological polar surface area (TPSA) is 38.1 Å². The van der Waals surface area contributed by atoms with E-state index in [1.165, 1.54) is 0 Å². The molecule has 1 aliphatic heterocycles. The molecule has 1 aliphatic rings. The van der Waals surface area contributed by atoms with Gasteiger partial charge in [-0.3, -0.25) is 4.79 Å². The summed E-state index contributed by atoms with van der Waals surface area (Å²) < 4.78 is 2.21. The summed E-state index contributed by atoms with van der Waals surface area (Å²) in [5.41, 5.74) is 0. The number of carbonyl (C=O) groups excluding carboxylic acids is 1. The molecule has 3 rings (SSSR count). The van der Waals surface area contributed by atoms with Gasteiger partial charge in [0.1, 0.15) is 5.82 Å². The normalized spacial score (nSPS) is 16.5. The number of aryl methyl sites for hydroxylation is 1. The minimum atomic E-state index is 0.130. The van der Waals surface area contributed by atoms with Crippen LogP contribution >= 0.6 is 11.3 Å². The van der Waals surface area contributed by atoms with Crippen molar-refractivity contribution < 1.29 is 4.79 Å². The molecule has 1 saturated heterocycles. The van der Waals surface area contributed by atoms with Crippen LogP contribution in [0, 0.1) is 12.8 Å². The molecule has 0 aromatic carbocycles. The van der Waals surface area contributed by atoms with E-state index in [4.69, 9.17) is 0 Å². The summed E-state index contributed by atoms with van der Waals surface area (Å²) in [7, 11) is 0. The Hall–Kier alpha value is -1.88. The van der Waals surface area contributed by atoms with Crippen molar-refractivity contribution in [3.05, 3.63) is 46.7 Å². The highest BCUT2D eigenvalue weighted by atomic mass is 32.1. The van der Waals surface area contributed by atoms with Crippen LogP contribution in [0.5, 0.6) is 0 Å². The number of imidazole rings is 1. The SMILES string of the molecule is Cc1nccn1CC1CCN(C(=O)/C=C/c2cccs2)CC1. The molecule has 0 unspecified atom stereocenters. The maximum absolute atomic E-state index is 12.2. The second-order valence-corrected chi connectivity index (χ2v) is 6.72. The van der Waals surface area contributed by atoms with Gasteiger partial charge in [-0.2, -0.15) is 0 Å². The summed E-state index contributed by atoms with van der Waals surface area (Å²) in [5.74, 6) is 1.83. The van der Waals surface area contributed by atoms with Crippen LogP contribution in [-0.2, 0) is 11.3 Å². The van der Waals surface area contributed by atoms with E-state index < -0.39 is 0 Å². The molecule has 0 spiro atoms. The van der Waals surface area contributed by atoms with Gasteiger partial charge in [0.15, 0.2) is 0 Å². The molecule has 2 aromatic rings. The number of aromatic nitrogens is 2. The third kappa shape index (κ3) is 3.65. The molecule has 22 heavy (non-hydrogen) atoms. The molecule has 0 saturated carbocycles. The summed E-state index contributed by atoms with van der Waals surface area (Å²) in [6.45, 7) is 4.75. The van der Waals surface area contributed by atoms with Crippen LogP contribution in [0.1, 0.15) is 23.5 Å². The molecule has 0 N–H and O–H groups in total. The maximum Gasteiger partial charge on any atom is 0.246 e. The second kappa shape index (κ2) is 6.92. The fourth-order valence-corrected chi connectivity index (χ4v) is 3.47. The first kappa shape index (κ1) is 15.0. The summed E-state index contributed by atoms with van der Waals surface area (Å²) in [6.07, 6.45) is 9.63. The van der Waals surface area contributed by atoms with Crippen LogP contribution in [0.25, 0.3) is 6.08 Å².